The van der Waals surface area contributed by atoms with Crippen LogP contribution in [-0.4, -0.2) is 0 Å². The third-order valence-electron chi connectivity index (χ3n) is 3.14. The molecule has 0 spiro atoms. The van der Waals surface area contributed by atoms with Gasteiger partial charge in [0.05, 0.1) is 0 Å². The van der Waals surface area contributed by atoms with Gasteiger partial charge in [-0.25, -0.2) is 0 Å². The molecular weight excluding hydrogens is 204 g/mol. The molecule has 1 aromatic rings. The number of rotatable bonds is 2. The van der Waals surface area contributed by atoms with E-state index in [9.17, 15) is 0 Å². The van der Waals surface area contributed by atoms with Crippen molar-refractivity contribution in [1.82, 2.24) is 0 Å². The average Bonchev–Trinajstić information content (AvgIpc) is 2.68. The number of hydrogen-bond donors (Lipinski definition) is 0. The molecule has 0 amide bonds. The standard InChI is InChI=1S/C17H20/c1-5-14(8-12(2)3)17-10-15-7-6-13(4)9-16(15)11-17/h5-9,11H,10H2,1-4H3/b14-5+. The van der Waals surface area contributed by atoms with E-state index in [-0.39, 0.29) is 0 Å². The molecule has 1 aliphatic rings. The summed E-state index contributed by atoms with van der Waals surface area (Å²) >= 11 is 0. The Hall–Kier alpha value is -1.56. The second kappa shape index (κ2) is 4.75. The Morgan fingerprint density at radius 1 is 1.24 bits per heavy atom. The monoisotopic (exact) mass is 224 g/mol. The Balaban J connectivity index is 2.34. The SMILES string of the molecule is C/C=C(\C=C(C)C)C1=Cc2cc(C)ccc2C1. The first kappa shape index (κ1) is 11.9. The van der Waals surface area contributed by atoms with E-state index in [1.807, 2.05) is 0 Å². The van der Waals surface area contributed by atoms with Crippen LogP contribution in [-0.2, 0) is 6.42 Å². The molecule has 2 rings (SSSR count). The molecule has 1 aliphatic carbocycles. The van der Waals surface area contributed by atoms with E-state index in [1.54, 1.807) is 0 Å². The van der Waals surface area contributed by atoms with Gasteiger partial charge in [0.15, 0.2) is 0 Å². The lowest BCUT2D eigenvalue weighted by atomic mass is 10.0. The van der Waals surface area contributed by atoms with Crippen molar-refractivity contribution in [3.05, 3.63) is 63.8 Å². The summed E-state index contributed by atoms with van der Waals surface area (Å²) in [5, 5.41) is 0. The molecule has 0 aliphatic heterocycles. The van der Waals surface area contributed by atoms with Gasteiger partial charge in [0.1, 0.15) is 0 Å². The van der Waals surface area contributed by atoms with Crippen LogP contribution in [0, 0.1) is 6.92 Å². The lowest BCUT2D eigenvalue weighted by Crippen LogP contribution is -1.88. The van der Waals surface area contributed by atoms with Crippen molar-refractivity contribution in [2.45, 2.75) is 34.1 Å². The minimum absolute atomic E-state index is 1.07. The van der Waals surface area contributed by atoms with Crippen LogP contribution in [0.15, 0.2) is 47.1 Å². The van der Waals surface area contributed by atoms with Crippen molar-refractivity contribution in [2.75, 3.05) is 0 Å². The maximum atomic E-state index is 2.33. The van der Waals surface area contributed by atoms with E-state index in [1.165, 1.54) is 33.4 Å². The molecule has 0 saturated heterocycles. The Morgan fingerprint density at radius 2 is 2.00 bits per heavy atom. The Bertz CT molecular complexity index is 521. The maximum Gasteiger partial charge on any atom is -0.00138 e. The highest BCUT2D eigenvalue weighted by atomic mass is 14.2. The van der Waals surface area contributed by atoms with Gasteiger partial charge in [0, 0.05) is 0 Å². The first-order chi connectivity index (χ1) is 8.10. The molecule has 88 valence electrons. The second-order valence-corrected chi connectivity index (χ2v) is 5.01. The first-order valence-corrected chi connectivity index (χ1v) is 6.22. The fourth-order valence-electron chi connectivity index (χ4n) is 2.31. The normalized spacial score (nSPS) is 14.4. The minimum atomic E-state index is 1.07. The second-order valence-electron chi connectivity index (χ2n) is 5.01. The Morgan fingerprint density at radius 3 is 2.65 bits per heavy atom. The molecule has 0 N–H and O–H groups in total. The van der Waals surface area contributed by atoms with Crippen LogP contribution < -0.4 is 0 Å². The van der Waals surface area contributed by atoms with E-state index in [4.69, 9.17) is 0 Å². The highest BCUT2D eigenvalue weighted by Crippen LogP contribution is 2.30. The van der Waals surface area contributed by atoms with Crippen LogP contribution in [0.5, 0.6) is 0 Å². The topological polar surface area (TPSA) is 0 Å². The summed E-state index contributed by atoms with van der Waals surface area (Å²) in [6.07, 6.45) is 7.87. The summed E-state index contributed by atoms with van der Waals surface area (Å²) in [5.74, 6) is 0. The number of benzene rings is 1. The van der Waals surface area contributed by atoms with Crippen molar-refractivity contribution in [2.24, 2.45) is 0 Å². The third-order valence-corrected chi connectivity index (χ3v) is 3.14. The van der Waals surface area contributed by atoms with Gasteiger partial charge in [-0.1, -0.05) is 47.6 Å². The molecule has 0 atom stereocenters. The zero-order chi connectivity index (χ0) is 12.4. The first-order valence-electron chi connectivity index (χ1n) is 6.22. The van der Waals surface area contributed by atoms with Crippen molar-refractivity contribution in [3.63, 3.8) is 0 Å². The van der Waals surface area contributed by atoms with Crippen molar-refractivity contribution in [1.29, 1.82) is 0 Å². The molecule has 0 aromatic heterocycles. The molecular formula is C17H20. The molecule has 0 unspecified atom stereocenters. The highest BCUT2D eigenvalue weighted by molar-refractivity contribution is 5.70. The van der Waals surface area contributed by atoms with Crippen molar-refractivity contribution >= 4 is 6.08 Å². The maximum absolute atomic E-state index is 2.33. The number of aryl methyl sites for hydroxylation is 1. The van der Waals surface area contributed by atoms with E-state index >= 15 is 0 Å². The van der Waals surface area contributed by atoms with E-state index in [2.05, 4.69) is 64.1 Å². The summed E-state index contributed by atoms with van der Waals surface area (Å²) < 4.78 is 0. The van der Waals surface area contributed by atoms with Crippen molar-refractivity contribution < 1.29 is 0 Å². The fourth-order valence-corrected chi connectivity index (χ4v) is 2.31. The minimum Gasteiger partial charge on any atom is -0.0801 e. The van der Waals surface area contributed by atoms with Gasteiger partial charge in [-0.05, 0) is 56.4 Å². The Labute approximate surface area is 104 Å². The fraction of sp³-hybridized carbons (Fsp3) is 0.294. The molecule has 0 nitrogen and oxygen atoms in total. The number of hydrogen-bond acceptors (Lipinski definition) is 0. The van der Waals surface area contributed by atoms with Gasteiger partial charge in [-0.2, -0.15) is 0 Å². The van der Waals surface area contributed by atoms with Gasteiger partial charge in [-0.15, -0.1) is 0 Å². The largest absolute Gasteiger partial charge is 0.0801 e. The van der Waals surface area contributed by atoms with Gasteiger partial charge in [-0.3, -0.25) is 0 Å². The Kier molecular flexibility index (Phi) is 3.33. The van der Waals surface area contributed by atoms with Crippen LogP contribution in [0.2, 0.25) is 0 Å². The molecule has 17 heavy (non-hydrogen) atoms. The van der Waals surface area contributed by atoms with Gasteiger partial charge in [0.25, 0.3) is 0 Å². The summed E-state index contributed by atoms with van der Waals surface area (Å²) in [5.41, 5.74) is 8.33. The molecule has 0 heterocycles. The van der Waals surface area contributed by atoms with Crippen LogP contribution in [0.25, 0.3) is 6.08 Å². The number of fused-ring (bicyclic) bond motifs is 1. The molecule has 0 radical (unpaired) electrons. The van der Waals surface area contributed by atoms with E-state index in [0.29, 0.717) is 0 Å². The molecule has 0 bridgehead atoms. The predicted octanol–water partition coefficient (Wildman–Crippen LogP) is 4.85. The van der Waals surface area contributed by atoms with E-state index < -0.39 is 0 Å². The van der Waals surface area contributed by atoms with Gasteiger partial charge >= 0.3 is 0 Å². The summed E-state index contributed by atoms with van der Waals surface area (Å²) in [4.78, 5) is 0. The zero-order valence-corrected chi connectivity index (χ0v) is 11.2. The van der Waals surface area contributed by atoms with E-state index in [0.717, 1.165) is 6.42 Å². The molecule has 0 saturated carbocycles. The summed E-state index contributed by atoms with van der Waals surface area (Å²) in [7, 11) is 0. The third kappa shape index (κ3) is 2.58. The number of allylic oxidation sites excluding steroid dienone is 5. The smallest absolute Gasteiger partial charge is 0.00138 e. The zero-order valence-electron chi connectivity index (χ0n) is 11.2. The molecule has 0 fully saturated rings. The van der Waals surface area contributed by atoms with Gasteiger partial charge in [0.2, 0.25) is 0 Å². The van der Waals surface area contributed by atoms with Crippen LogP contribution in [0.1, 0.15) is 37.5 Å². The lowest BCUT2D eigenvalue weighted by molar-refractivity contribution is 1.20. The summed E-state index contributed by atoms with van der Waals surface area (Å²) in [6, 6.07) is 6.73. The average molecular weight is 224 g/mol. The van der Waals surface area contributed by atoms with Crippen LogP contribution >= 0.6 is 0 Å². The predicted molar refractivity (Wildman–Crippen MR) is 76.0 cm³/mol. The van der Waals surface area contributed by atoms with Crippen LogP contribution in [0.3, 0.4) is 0 Å². The molecule has 1 aromatic carbocycles. The highest BCUT2D eigenvalue weighted by Gasteiger charge is 2.14. The van der Waals surface area contributed by atoms with Gasteiger partial charge < -0.3 is 0 Å². The summed E-state index contributed by atoms with van der Waals surface area (Å²) in [6.45, 7) is 8.56. The molecule has 0 heteroatoms. The lowest BCUT2D eigenvalue weighted by Gasteiger charge is -2.04. The quantitative estimate of drug-likeness (QED) is 0.630. The van der Waals surface area contributed by atoms with Crippen LogP contribution in [0.4, 0.5) is 0 Å². The van der Waals surface area contributed by atoms with Crippen molar-refractivity contribution in [3.8, 4) is 0 Å².